The fourth-order valence-electron chi connectivity index (χ4n) is 1.81. The lowest BCUT2D eigenvalue weighted by molar-refractivity contribution is -0.384. The molecule has 132 valence electrons. The largest absolute Gasteiger partial charge is 0.506 e. The third-order valence-corrected chi connectivity index (χ3v) is 4.03. The average molecular weight is 483 g/mol. The molecular formula is C14H8Br2F3N3O3. The van der Waals surface area contributed by atoms with Crippen LogP contribution in [0.2, 0.25) is 0 Å². The van der Waals surface area contributed by atoms with Gasteiger partial charge < -0.3 is 5.11 Å². The maximum absolute atomic E-state index is 12.6. The molecule has 11 heteroatoms. The van der Waals surface area contributed by atoms with Crippen LogP contribution < -0.4 is 5.43 Å². The molecule has 0 saturated heterocycles. The molecule has 2 rings (SSSR count). The molecule has 0 aliphatic heterocycles. The second kappa shape index (κ2) is 7.40. The van der Waals surface area contributed by atoms with Gasteiger partial charge in [-0.3, -0.25) is 15.5 Å². The molecule has 2 aromatic carbocycles. The van der Waals surface area contributed by atoms with Gasteiger partial charge in [-0.1, -0.05) is 15.9 Å². The molecule has 0 atom stereocenters. The number of benzene rings is 2. The van der Waals surface area contributed by atoms with Crippen LogP contribution in [0.5, 0.6) is 5.75 Å². The van der Waals surface area contributed by atoms with Gasteiger partial charge in [-0.15, -0.1) is 0 Å². The quantitative estimate of drug-likeness (QED) is 0.352. The molecule has 0 aliphatic rings. The van der Waals surface area contributed by atoms with E-state index in [1.165, 1.54) is 12.3 Å². The minimum atomic E-state index is -4.69. The molecule has 25 heavy (non-hydrogen) atoms. The molecule has 0 fully saturated rings. The first-order valence-electron chi connectivity index (χ1n) is 6.42. The van der Waals surface area contributed by atoms with E-state index in [-0.39, 0.29) is 17.0 Å². The molecule has 0 aliphatic carbocycles. The first-order chi connectivity index (χ1) is 11.6. The number of hydrazone groups is 1. The lowest BCUT2D eigenvalue weighted by Gasteiger charge is -2.08. The zero-order valence-electron chi connectivity index (χ0n) is 12.0. The van der Waals surface area contributed by atoms with Crippen molar-refractivity contribution in [3.05, 3.63) is 60.5 Å². The fraction of sp³-hybridized carbons (Fsp3) is 0.0714. The second-order valence-corrected chi connectivity index (χ2v) is 6.45. The van der Waals surface area contributed by atoms with Crippen LogP contribution in [0.25, 0.3) is 0 Å². The molecule has 2 aromatic rings. The summed E-state index contributed by atoms with van der Waals surface area (Å²) in [6.07, 6.45) is -3.52. The van der Waals surface area contributed by atoms with Gasteiger partial charge in [-0.2, -0.15) is 18.3 Å². The molecule has 0 amide bonds. The number of anilines is 1. The van der Waals surface area contributed by atoms with Crippen LogP contribution in [-0.4, -0.2) is 16.2 Å². The Hall–Kier alpha value is -2.14. The molecule has 0 unspecified atom stereocenters. The van der Waals surface area contributed by atoms with Gasteiger partial charge in [-0.25, -0.2) is 0 Å². The van der Waals surface area contributed by atoms with Gasteiger partial charge in [0.1, 0.15) is 11.4 Å². The Balaban J connectivity index is 2.30. The van der Waals surface area contributed by atoms with Gasteiger partial charge in [0.05, 0.1) is 21.2 Å². The van der Waals surface area contributed by atoms with Crippen LogP contribution in [0.3, 0.4) is 0 Å². The molecule has 0 heterocycles. The van der Waals surface area contributed by atoms with E-state index < -0.39 is 22.4 Å². The van der Waals surface area contributed by atoms with E-state index in [4.69, 9.17) is 0 Å². The van der Waals surface area contributed by atoms with E-state index >= 15 is 0 Å². The summed E-state index contributed by atoms with van der Waals surface area (Å²) in [5.74, 6) is -0.115. The standard InChI is InChI=1S/C14H8Br2F3N3O3/c15-9-3-7(13(23)10(16)5-9)6-20-21-11-2-1-8(14(17,18)19)4-12(11)22(24)25/h1-6,21,23H/b20-6+. The highest BCUT2D eigenvalue weighted by atomic mass is 79.9. The molecule has 0 aromatic heterocycles. The molecular weight excluding hydrogens is 475 g/mol. The van der Waals surface area contributed by atoms with E-state index in [1.807, 2.05) is 0 Å². The number of rotatable bonds is 4. The van der Waals surface area contributed by atoms with Gasteiger partial charge in [0.25, 0.3) is 5.69 Å². The Bertz CT molecular complexity index is 857. The van der Waals surface area contributed by atoms with Crippen molar-refractivity contribution in [2.45, 2.75) is 6.18 Å². The lowest BCUT2D eigenvalue weighted by Crippen LogP contribution is -2.06. The monoisotopic (exact) mass is 481 g/mol. The molecule has 0 spiro atoms. The number of nitro benzene ring substituents is 1. The van der Waals surface area contributed by atoms with Gasteiger partial charge >= 0.3 is 6.18 Å². The van der Waals surface area contributed by atoms with E-state index in [0.29, 0.717) is 21.1 Å². The zero-order chi connectivity index (χ0) is 18.8. The first-order valence-corrected chi connectivity index (χ1v) is 8.01. The second-order valence-electron chi connectivity index (χ2n) is 4.68. The Morgan fingerprint density at radius 2 is 1.92 bits per heavy atom. The van der Waals surface area contributed by atoms with Crippen molar-refractivity contribution in [1.29, 1.82) is 0 Å². The summed E-state index contributed by atoms with van der Waals surface area (Å²) in [5.41, 5.74) is 0.459. The van der Waals surface area contributed by atoms with Crippen molar-refractivity contribution in [3.8, 4) is 5.75 Å². The fourth-order valence-corrected chi connectivity index (χ4v) is 3.07. The van der Waals surface area contributed by atoms with Crippen molar-refractivity contribution in [2.24, 2.45) is 5.10 Å². The predicted octanol–water partition coefficient (Wildman–Crippen LogP) is 5.29. The third kappa shape index (κ3) is 4.69. The van der Waals surface area contributed by atoms with Crippen LogP contribution in [-0.2, 0) is 6.18 Å². The number of phenols is 1. The van der Waals surface area contributed by atoms with Gasteiger partial charge in [0.15, 0.2) is 0 Å². The Morgan fingerprint density at radius 3 is 2.52 bits per heavy atom. The predicted molar refractivity (Wildman–Crippen MR) is 92.8 cm³/mol. The molecule has 2 N–H and O–H groups in total. The van der Waals surface area contributed by atoms with Crippen molar-refractivity contribution < 1.29 is 23.2 Å². The summed E-state index contributed by atoms with van der Waals surface area (Å²) in [6.45, 7) is 0. The first kappa shape index (κ1) is 19.2. The lowest BCUT2D eigenvalue weighted by atomic mass is 10.1. The van der Waals surface area contributed by atoms with Crippen molar-refractivity contribution >= 4 is 49.4 Å². The number of nitro groups is 1. The Kier molecular flexibility index (Phi) is 5.68. The van der Waals surface area contributed by atoms with Gasteiger partial charge in [-0.05, 0) is 40.2 Å². The minimum absolute atomic E-state index is 0.115. The van der Waals surface area contributed by atoms with Crippen LogP contribution >= 0.6 is 31.9 Å². The summed E-state index contributed by atoms with van der Waals surface area (Å²) >= 11 is 6.36. The van der Waals surface area contributed by atoms with E-state index in [0.717, 1.165) is 6.07 Å². The highest BCUT2D eigenvalue weighted by molar-refractivity contribution is 9.11. The molecule has 0 saturated carbocycles. The summed E-state index contributed by atoms with van der Waals surface area (Å²) in [6, 6.07) is 5.17. The number of nitrogens with zero attached hydrogens (tertiary/aromatic N) is 2. The smallest absolute Gasteiger partial charge is 0.416 e. The third-order valence-electron chi connectivity index (χ3n) is 2.97. The number of nitrogens with one attached hydrogen (secondary N) is 1. The zero-order valence-corrected chi connectivity index (χ0v) is 15.2. The number of phenolic OH excluding ortho intramolecular Hbond substituents is 1. The molecule has 0 radical (unpaired) electrons. The van der Waals surface area contributed by atoms with Crippen molar-refractivity contribution in [1.82, 2.24) is 0 Å². The summed E-state index contributed by atoms with van der Waals surface area (Å²) in [4.78, 5) is 10.0. The average Bonchev–Trinajstić information content (AvgIpc) is 2.50. The topological polar surface area (TPSA) is 87.8 Å². The summed E-state index contributed by atoms with van der Waals surface area (Å²) in [5, 5.41) is 24.6. The number of hydrogen-bond acceptors (Lipinski definition) is 5. The van der Waals surface area contributed by atoms with Gasteiger partial charge in [0.2, 0.25) is 0 Å². The van der Waals surface area contributed by atoms with Crippen molar-refractivity contribution in [2.75, 3.05) is 5.43 Å². The summed E-state index contributed by atoms with van der Waals surface area (Å²) in [7, 11) is 0. The number of alkyl halides is 3. The van der Waals surface area contributed by atoms with Crippen LogP contribution in [0, 0.1) is 10.1 Å². The van der Waals surface area contributed by atoms with Gasteiger partial charge in [0, 0.05) is 16.1 Å². The maximum atomic E-state index is 12.6. The summed E-state index contributed by atoms with van der Waals surface area (Å²) < 4.78 is 39.0. The molecule has 0 bridgehead atoms. The van der Waals surface area contributed by atoms with E-state index in [2.05, 4.69) is 42.4 Å². The Labute approximate surface area is 155 Å². The Morgan fingerprint density at radius 1 is 1.24 bits per heavy atom. The number of hydrogen-bond donors (Lipinski definition) is 2. The van der Waals surface area contributed by atoms with Crippen LogP contribution in [0.4, 0.5) is 24.5 Å². The molecule has 6 nitrogen and oxygen atoms in total. The van der Waals surface area contributed by atoms with E-state index in [1.54, 1.807) is 6.07 Å². The number of aromatic hydroxyl groups is 1. The highest BCUT2D eigenvalue weighted by Gasteiger charge is 2.33. The minimum Gasteiger partial charge on any atom is -0.506 e. The van der Waals surface area contributed by atoms with Crippen molar-refractivity contribution in [3.63, 3.8) is 0 Å². The SMILES string of the molecule is O=[N+]([O-])c1cc(C(F)(F)F)ccc1N/N=C/c1cc(Br)cc(Br)c1O. The van der Waals surface area contributed by atoms with Crippen LogP contribution in [0.1, 0.15) is 11.1 Å². The highest BCUT2D eigenvalue weighted by Crippen LogP contribution is 2.35. The normalized spacial score (nSPS) is 11.7. The van der Waals surface area contributed by atoms with Crippen LogP contribution in [0.15, 0.2) is 44.4 Å². The number of halogens is 5. The van der Waals surface area contributed by atoms with E-state index in [9.17, 15) is 28.4 Å². The maximum Gasteiger partial charge on any atom is 0.416 e.